The van der Waals surface area contributed by atoms with E-state index in [4.69, 9.17) is 5.73 Å². The molecule has 0 radical (unpaired) electrons. The van der Waals surface area contributed by atoms with Crippen LogP contribution in [0.1, 0.15) is 23.9 Å². The van der Waals surface area contributed by atoms with Crippen molar-refractivity contribution in [2.75, 3.05) is 6.54 Å². The van der Waals surface area contributed by atoms with Gasteiger partial charge in [0.25, 0.3) is 0 Å². The van der Waals surface area contributed by atoms with Crippen molar-refractivity contribution in [2.24, 2.45) is 5.73 Å². The first-order valence-electron chi connectivity index (χ1n) is 6.15. The van der Waals surface area contributed by atoms with E-state index in [1.807, 2.05) is 13.0 Å². The second-order valence-corrected chi connectivity index (χ2v) is 5.95. The Morgan fingerprint density at radius 2 is 2.25 bits per heavy atom. The zero-order valence-electron chi connectivity index (χ0n) is 11.0. The van der Waals surface area contributed by atoms with E-state index in [2.05, 4.69) is 21.2 Å². The summed E-state index contributed by atoms with van der Waals surface area (Å²) < 4.78 is 18.6. The maximum atomic E-state index is 13.5. The molecule has 0 atom stereocenters. The lowest BCUT2D eigenvalue weighted by atomic mass is 10.1. The molecule has 0 aliphatic rings. The molecule has 2 N–H and O–H groups in total. The lowest BCUT2D eigenvalue weighted by Crippen LogP contribution is -1.93. The van der Waals surface area contributed by atoms with E-state index < -0.39 is 0 Å². The van der Waals surface area contributed by atoms with Crippen LogP contribution in [0, 0.1) is 17.7 Å². The zero-order valence-corrected chi connectivity index (χ0v) is 12.7. The summed E-state index contributed by atoms with van der Waals surface area (Å²) in [4.78, 5) is 4.37. The molecule has 2 rings (SSSR count). The van der Waals surface area contributed by atoms with Gasteiger partial charge in [0.2, 0.25) is 0 Å². The molecule has 6 heteroatoms. The van der Waals surface area contributed by atoms with E-state index in [-0.39, 0.29) is 12.4 Å². The number of nitrogens with zero attached hydrogens (tertiary/aromatic N) is 2. The normalized spacial score (nSPS) is 10.2. The molecule has 0 amide bonds. The number of aryl methyl sites for hydroxylation is 1. The Morgan fingerprint density at radius 1 is 1.40 bits per heavy atom. The highest BCUT2D eigenvalue weighted by Crippen LogP contribution is 2.25. The Kier molecular flexibility index (Phi) is 5.53. The number of benzene rings is 1. The smallest absolute Gasteiger partial charge is 0.170 e. The van der Waals surface area contributed by atoms with Crippen molar-refractivity contribution in [3.05, 3.63) is 41.0 Å². The molecule has 1 heterocycles. The Hall–Kier alpha value is -1.42. The summed E-state index contributed by atoms with van der Waals surface area (Å²) >= 11 is 2.94. The average Bonchev–Trinajstić information content (AvgIpc) is 2.90. The average molecular weight is 307 g/mol. The molecule has 0 aliphatic heterocycles. The van der Waals surface area contributed by atoms with Gasteiger partial charge in [-0.15, -0.1) is 0 Å². The van der Waals surface area contributed by atoms with Gasteiger partial charge in [0.05, 0.1) is 6.54 Å². The lowest BCUT2D eigenvalue weighted by molar-refractivity contribution is 0.626. The highest BCUT2D eigenvalue weighted by Gasteiger charge is 2.05. The van der Waals surface area contributed by atoms with E-state index in [1.165, 1.54) is 23.7 Å². The molecule has 0 bridgehead atoms. The molecular weight excluding hydrogens is 293 g/mol. The van der Waals surface area contributed by atoms with Crippen LogP contribution in [0.4, 0.5) is 4.39 Å². The highest BCUT2D eigenvalue weighted by molar-refractivity contribution is 8.00. The lowest BCUT2D eigenvalue weighted by Gasteiger charge is -2.01. The van der Waals surface area contributed by atoms with Crippen LogP contribution in [-0.4, -0.2) is 15.9 Å². The molecular formula is C14H14FN3S2. The van der Waals surface area contributed by atoms with E-state index in [9.17, 15) is 4.39 Å². The van der Waals surface area contributed by atoms with Crippen molar-refractivity contribution in [3.63, 3.8) is 0 Å². The van der Waals surface area contributed by atoms with Crippen molar-refractivity contribution in [3.8, 4) is 11.8 Å². The maximum Gasteiger partial charge on any atom is 0.170 e. The molecule has 1 aromatic carbocycles. The first kappa shape index (κ1) is 15.0. The van der Waals surface area contributed by atoms with Crippen LogP contribution < -0.4 is 5.73 Å². The Bertz CT molecular complexity index is 643. The summed E-state index contributed by atoms with van der Waals surface area (Å²) in [6.07, 6.45) is 0.829. The fraction of sp³-hybridized carbons (Fsp3) is 0.286. The minimum atomic E-state index is -0.282. The molecule has 0 spiro atoms. The van der Waals surface area contributed by atoms with Crippen LogP contribution in [0.15, 0.2) is 22.5 Å². The summed E-state index contributed by atoms with van der Waals surface area (Å²) in [6, 6.07) is 4.81. The summed E-state index contributed by atoms with van der Waals surface area (Å²) in [6.45, 7) is 2.29. The van der Waals surface area contributed by atoms with Crippen molar-refractivity contribution in [1.82, 2.24) is 9.36 Å². The van der Waals surface area contributed by atoms with Crippen molar-refractivity contribution in [1.29, 1.82) is 0 Å². The number of halogens is 1. The highest BCUT2D eigenvalue weighted by atomic mass is 32.2. The van der Waals surface area contributed by atoms with E-state index in [1.54, 1.807) is 11.8 Å². The second kappa shape index (κ2) is 7.39. The third kappa shape index (κ3) is 4.30. The van der Waals surface area contributed by atoms with Gasteiger partial charge < -0.3 is 5.73 Å². The van der Waals surface area contributed by atoms with Gasteiger partial charge in [-0.3, -0.25) is 0 Å². The largest absolute Gasteiger partial charge is 0.320 e. The van der Waals surface area contributed by atoms with E-state index in [0.29, 0.717) is 11.3 Å². The van der Waals surface area contributed by atoms with Crippen LogP contribution in [0.3, 0.4) is 0 Å². The number of aromatic nitrogens is 2. The first-order valence-corrected chi connectivity index (χ1v) is 7.91. The van der Waals surface area contributed by atoms with Gasteiger partial charge in [-0.1, -0.05) is 30.5 Å². The van der Waals surface area contributed by atoms with Gasteiger partial charge in [0.1, 0.15) is 11.6 Å². The molecule has 0 fully saturated rings. The molecule has 0 aliphatic carbocycles. The van der Waals surface area contributed by atoms with Gasteiger partial charge in [0, 0.05) is 17.7 Å². The second-order valence-electron chi connectivity index (χ2n) is 3.97. The zero-order chi connectivity index (χ0) is 14.4. The minimum Gasteiger partial charge on any atom is -0.320 e. The van der Waals surface area contributed by atoms with Gasteiger partial charge in [-0.25, -0.2) is 9.37 Å². The molecule has 0 saturated heterocycles. The van der Waals surface area contributed by atoms with Crippen molar-refractivity contribution in [2.45, 2.75) is 23.4 Å². The fourth-order valence-corrected chi connectivity index (χ4v) is 3.17. The van der Waals surface area contributed by atoms with Crippen LogP contribution in [0.2, 0.25) is 0 Å². The van der Waals surface area contributed by atoms with Crippen LogP contribution in [-0.2, 0) is 12.2 Å². The Labute approximate surface area is 126 Å². The van der Waals surface area contributed by atoms with E-state index >= 15 is 0 Å². The van der Waals surface area contributed by atoms with Crippen molar-refractivity contribution >= 4 is 23.3 Å². The molecule has 2 aromatic rings. The predicted molar refractivity (Wildman–Crippen MR) is 81.2 cm³/mol. The number of rotatable bonds is 4. The topological polar surface area (TPSA) is 51.8 Å². The van der Waals surface area contributed by atoms with E-state index in [0.717, 1.165) is 22.1 Å². The van der Waals surface area contributed by atoms with Crippen LogP contribution in [0.5, 0.6) is 0 Å². The summed E-state index contributed by atoms with van der Waals surface area (Å²) in [7, 11) is 0. The molecule has 20 heavy (non-hydrogen) atoms. The quantitative estimate of drug-likeness (QED) is 0.697. The summed E-state index contributed by atoms with van der Waals surface area (Å²) in [5.41, 5.74) is 6.85. The van der Waals surface area contributed by atoms with Crippen molar-refractivity contribution < 1.29 is 4.39 Å². The Balaban J connectivity index is 2.07. The molecule has 104 valence electrons. The SMILES string of the molecule is CCc1nsc(SCc2cc(F)cc(C#CCN)c2)n1. The van der Waals surface area contributed by atoms with Gasteiger partial charge >= 0.3 is 0 Å². The molecule has 0 unspecified atom stereocenters. The third-order valence-corrected chi connectivity index (χ3v) is 4.36. The van der Waals surface area contributed by atoms with Crippen LogP contribution in [0.25, 0.3) is 0 Å². The predicted octanol–water partition coefficient (Wildman–Crippen LogP) is 2.84. The fourth-order valence-electron chi connectivity index (χ4n) is 1.54. The van der Waals surface area contributed by atoms with Crippen LogP contribution >= 0.6 is 23.3 Å². The minimum absolute atomic E-state index is 0.269. The number of nitrogens with two attached hydrogens (primary N) is 1. The monoisotopic (exact) mass is 307 g/mol. The van der Waals surface area contributed by atoms with Gasteiger partial charge in [-0.2, -0.15) is 4.37 Å². The number of hydrogen-bond acceptors (Lipinski definition) is 5. The summed E-state index contributed by atoms with van der Waals surface area (Å²) in [5, 5.41) is 0. The Morgan fingerprint density at radius 3 is 2.95 bits per heavy atom. The number of thioether (sulfide) groups is 1. The van der Waals surface area contributed by atoms with Gasteiger partial charge in [0.15, 0.2) is 4.34 Å². The molecule has 0 saturated carbocycles. The standard InChI is InChI=1S/C14H14FN3S2/c1-2-13-17-14(20-18-13)19-9-11-6-10(4-3-5-16)7-12(15)8-11/h6-8H,2,5,9,16H2,1H3. The number of hydrogen-bond donors (Lipinski definition) is 1. The first-order chi connectivity index (χ1) is 9.71. The molecule has 3 nitrogen and oxygen atoms in total. The summed E-state index contributed by atoms with van der Waals surface area (Å²) in [5.74, 6) is 6.79. The third-order valence-electron chi connectivity index (χ3n) is 2.42. The van der Waals surface area contributed by atoms with Gasteiger partial charge in [-0.05, 0) is 35.3 Å². The maximum absolute atomic E-state index is 13.5. The molecule has 1 aromatic heterocycles.